The Kier molecular flexibility index (Phi) is 2.06. The summed E-state index contributed by atoms with van der Waals surface area (Å²) >= 11 is 0. The predicted octanol–water partition coefficient (Wildman–Crippen LogP) is 0.101. The highest BCUT2D eigenvalue weighted by Gasteiger charge is 2.26. The molecule has 1 unspecified atom stereocenters. The topological polar surface area (TPSA) is 61.6 Å². The van der Waals surface area contributed by atoms with Gasteiger partial charge < -0.3 is 15.2 Å². The van der Waals surface area contributed by atoms with E-state index < -0.39 is 0 Å². The van der Waals surface area contributed by atoms with Gasteiger partial charge in [0.15, 0.2) is 0 Å². The summed E-state index contributed by atoms with van der Waals surface area (Å²) in [7, 11) is 0. The molecule has 1 atom stereocenters. The average molecular weight is 181 g/mol. The van der Waals surface area contributed by atoms with Crippen molar-refractivity contribution < 1.29 is 14.3 Å². The van der Waals surface area contributed by atoms with Gasteiger partial charge in [-0.15, -0.1) is 0 Å². The van der Waals surface area contributed by atoms with Crippen LogP contribution in [0.15, 0.2) is 23.5 Å². The normalized spacial score (nSPS) is 26.6. The summed E-state index contributed by atoms with van der Waals surface area (Å²) in [5, 5.41) is 0. The molecular formula is C9H11NO3. The van der Waals surface area contributed by atoms with E-state index in [4.69, 9.17) is 15.2 Å². The number of nitrogens with two attached hydrogens (primary N) is 1. The molecule has 0 aromatic heterocycles. The molecule has 1 heterocycles. The second kappa shape index (κ2) is 3.22. The molecule has 1 aliphatic heterocycles. The predicted molar refractivity (Wildman–Crippen MR) is 45.7 cm³/mol. The van der Waals surface area contributed by atoms with Crippen LogP contribution < -0.4 is 5.73 Å². The summed E-state index contributed by atoms with van der Waals surface area (Å²) in [6, 6.07) is 0. The molecule has 0 radical (unpaired) electrons. The summed E-state index contributed by atoms with van der Waals surface area (Å²) in [4.78, 5) is 10.9. The van der Waals surface area contributed by atoms with Crippen LogP contribution in [-0.4, -0.2) is 25.2 Å². The van der Waals surface area contributed by atoms with Crippen LogP contribution in [-0.2, 0) is 14.3 Å². The fourth-order valence-electron chi connectivity index (χ4n) is 1.47. The quantitative estimate of drug-likeness (QED) is 0.624. The number of hydrogen-bond acceptors (Lipinski definition) is 3. The monoisotopic (exact) mass is 181 g/mol. The molecule has 0 aromatic rings. The third kappa shape index (κ3) is 1.58. The lowest BCUT2D eigenvalue weighted by Crippen LogP contribution is -2.31. The number of rotatable bonds is 1. The SMILES string of the molecule is NC(=O)C1=CC=C2OCCOC2C1. The molecule has 13 heavy (non-hydrogen) atoms. The van der Waals surface area contributed by atoms with Gasteiger partial charge in [0.1, 0.15) is 18.5 Å². The van der Waals surface area contributed by atoms with Gasteiger partial charge in [0, 0.05) is 12.0 Å². The Bertz CT molecular complexity index is 293. The summed E-state index contributed by atoms with van der Waals surface area (Å²) < 4.78 is 10.8. The van der Waals surface area contributed by atoms with Crippen LogP contribution in [0.5, 0.6) is 0 Å². The van der Waals surface area contributed by atoms with Gasteiger partial charge in [-0.2, -0.15) is 0 Å². The maximum atomic E-state index is 10.9. The van der Waals surface area contributed by atoms with Crippen molar-refractivity contribution >= 4 is 5.91 Å². The minimum Gasteiger partial charge on any atom is -0.493 e. The first-order valence-electron chi connectivity index (χ1n) is 4.22. The van der Waals surface area contributed by atoms with E-state index in [1.807, 2.05) is 0 Å². The fourth-order valence-corrected chi connectivity index (χ4v) is 1.47. The Morgan fingerprint density at radius 1 is 1.46 bits per heavy atom. The molecule has 0 spiro atoms. The third-order valence-corrected chi connectivity index (χ3v) is 2.16. The van der Waals surface area contributed by atoms with Gasteiger partial charge in [-0.25, -0.2) is 0 Å². The second-order valence-electron chi connectivity index (χ2n) is 3.04. The maximum Gasteiger partial charge on any atom is 0.244 e. The van der Waals surface area contributed by atoms with E-state index in [9.17, 15) is 4.79 Å². The van der Waals surface area contributed by atoms with Crippen LogP contribution in [0.3, 0.4) is 0 Å². The van der Waals surface area contributed by atoms with Crippen molar-refractivity contribution in [2.75, 3.05) is 13.2 Å². The molecule has 0 bridgehead atoms. The maximum absolute atomic E-state index is 10.9. The summed E-state index contributed by atoms with van der Waals surface area (Å²) in [6.45, 7) is 1.16. The molecule has 0 aromatic carbocycles. The fraction of sp³-hybridized carbons (Fsp3) is 0.444. The Balaban J connectivity index is 2.18. The molecular weight excluding hydrogens is 170 g/mol. The Hall–Kier alpha value is -1.29. The number of carbonyl (C=O) groups excluding carboxylic acids is 1. The van der Waals surface area contributed by atoms with Crippen molar-refractivity contribution in [3.05, 3.63) is 23.5 Å². The van der Waals surface area contributed by atoms with Gasteiger partial charge in [0.05, 0.1) is 6.61 Å². The van der Waals surface area contributed by atoms with Crippen LogP contribution in [0.4, 0.5) is 0 Å². The van der Waals surface area contributed by atoms with Crippen LogP contribution in [0, 0.1) is 0 Å². The highest BCUT2D eigenvalue weighted by Crippen LogP contribution is 2.25. The molecule has 0 saturated carbocycles. The zero-order chi connectivity index (χ0) is 9.26. The molecule has 2 aliphatic rings. The van der Waals surface area contributed by atoms with E-state index >= 15 is 0 Å². The number of amides is 1. The van der Waals surface area contributed by atoms with E-state index in [0.29, 0.717) is 25.2 Å². The van der Waals surface area contributed by atoms with Gasteiger partial charge >= 0.3 is 0 Å². The molecule has 1 fully saturated rings. The van der Waals surface area contributed by atoms with Gasteiger partial charge in [0.25, 0.3) is 0 Å². The lowest BCUT2D eigenvalue weighted by molar-refractivity contribution is -0.115. The first kappa shape index (κ1) is 8.31. The summed E-state index contributed by atoms with van der Waals surface area (Å²) in [5.41, 5.74) is 5.75. The van der Waals surface area contributed by atoms with Crippen LogP contribution in [0.2, 0.25) is 0 Å². The minimum absolute atomic E-state index is 0.110. The minimum atomic E-state index is -0.385. The summed E-state index contributed by atoms with van der Waals surface area (Å²) in [5.74, 6) is 0.417. The smallest absolute Gasteiger partial charge is 0.244 e. The number of ether oxygens (including phenoxy) is 2. The number of fused-ring (bicyclic) bond motifs is 1. The van der Waals surface area contributed by atoms with Gasteiger partial charge in [-0.3, -0.25) is 4.79 Å². The van der Waals surface area contributed by atoms with Crippen molar-refractivity contribution in [1.82, 2.24) is 0 Å². The standard InChI is InChI=1S/C9H11NO3/c10-9(11)6-1-2-7-8(5-6)13-4-3-12-7/h1-2,8H,3-5H2,(H2,10,11). The Morgan fingerprint density at radius 2 is 2.31 bits per heavy atom. The summed E-state index contributed by atoms with van der Waals surface area (Å²) in [6.07, 6.45) is 3.87. The lowest BCUT2D eigenvalue weighted by Gasteiger charge is -2.28. The van der Waals surface area contributed by atoms with Gasteiger partial charge in [-0.1, -0.05) is 6.08 Å². The molecule has 1 amide bonds. The van der Waals surface area contributed by atoms with Crippen molar-refractivity contribution in [2.45, 2.75) is 12.5 Å². The van der Waals surface area contributed by atoms with E-state index in [0.717, 1.165) is 5.76 Å². The molecule has 2 rings (SSSR count). The number of carbonyl (C=O) groups is 1. The second-order valence-corrected chi connectivity index (χ2v) is 3.04. The zero-order valence-electron chi connectivity index (χ0n) is 7.16. The molecule has 1 aliphatic carbocycles. The van der Waals surface area contributed by atoms with Crippen LogP contribution in [0.1, 0.15) is 6.42 Å². The lowest BCUT2D eigenvalue weighted by atomic mass is 10.00. The van der Waals surface area contributed by atoms with E-state index in [-0.39, 0.29) is 12.0 Å². The highest BCUT2D eigenvalue weighted by atomic mass is 16.6. The van der Waals surface area contributed by atoms with E-state index in [1.165, 1.54) is 0 Å². The van der Waals surface area contributed by atoms with Crippen molar-refractivity contribution in [3.63, 3.8) is 0 Å². The molecule has 4 heteroatoms. The van der Waals surface area contributed by atoms with Crippen molar-refractivity contribution in [1.29, 1.82) is 0 Å². The number of allylic oxidation sites excluding steroid dienone is 2. The largest absolute Gasteiger partial charge is 0.493 e. The van der Waals surface area contributed by atoms with Crippen molar-refractivity contribution in [3.8, 4) is 0 Å². The molecule has 1 saturated heterocycles. The highest BCUT2D eigenvalue weighted by molar-refractivity contribution is 5.92. The first-order valence-corrected chi connectivity index (χ1v) is 4.22. The molecule has 2 N–H and O–H groups in total. The van der Waals surface area contributed by atoms with Gasteiger partial charge in [0.2, 0.25) is 5.91 Å². The molecule has 70 valence electrons. The third-order valence-electron chi connectivity index (χ3n) is 2.16. The zero-order valence-corrected chi connectivity index (χ0v) is 7.16. The van der Waals surface area contributed by atoms with Crippen LogP contribution >= 0.6 is 0 Å². The Morgan fingerprint density at radius 3 is 3.08 bits per heavy atom. The van der Waals surface area contributed by atoms with E-state index in [2.05, 4.69) is 0 Å². The van der Waals surface area contributed by atoms with Crippen LogP contribution in [0.25, 0.3) is 0 Å². The number of primary amides is 1. The Labute approximate surface area is 76.0 Å². The number of hydrogen-bond donors (Lipinski definition) is 1. The molecule has 4 nitrogen and oxygen atoms in total. The first-order chi connectivity index (χ1) is 6.27. The van der Waals surface area contributed by atoms with Gasteiger partial charge in [-0.05, 0) is 6.08 Å². The van der Waals surface area contributed by atoms with E-state index in [1.54, 1.807) is 12.2 Å². The van der Waals surface area contributed by atoms with Crippen molar-refractivity contribution in [2.24, 2.45) is 5.73 Å². The average Bonchev–Trinajstić information content (AvgIpc) is 2.17.